The minimum Gasteiger partial charge on any atom is -0.342 e. The molecule has 0 aromatic rings. The summed E-state index contributed by atoms with van der Waals surface area (Å²) >= 11 is 0. The molecule has 0 aliphatic carbocycles. The lowest BCUT2D eigenvalue weighted by Gasteiger charge is -2.19. The van der Waals surface area contributed by atoms with Gasteiger partial charge in [0.2, 0.25) is 0 Å². The summed E-state index contributed by atoms with van der Waals surface area (Å²) < 4.78 is 16.6. The number of hydrogen-bond acceptors (Lipinski definition) is 3. The van der Waals surface area contributed by atoms with Gasteiger partial charge in [-0.2, -0.15) is 0 Å². The van der Waals surface area contributed by atoms with Crippen molar-refractivity contribution < 1.29 is 14.2 Å². The van der Waals surface area contributed by atoms with Crippen LogP contribution in [0.5, 0.6) is 0 Å². The van der Waals surface area contributed by atoms with E-state index in [4.69, 9.17) is 14.2 Å². The van der Waals surface area contributed by atoms with E-state index in [2.05, 4.69) is 6.58 Å². The molecule has 0 aromatic heterocycles. The molecule has 0 saturated carbocycles. The van der Waals surface area contributed by atoms with E-state index in [0.29, 0.717) is 0 Å². The van der Waals surface area contributed by atoms with Crippen molar-refractivity contribution in [2.24, 2.45) is 0 Å². The van der Waals surface area contributed by atoms with Gasteiger partial charge < -0.3 is 14.2 Å². The zero-order chi connectivity index (χ0) is 8.93. The van der Waals surface area contributed by atoms with Crippen LogP contribution in [0.25, 0.3) is 0 Å². The van der Waals surface area contributed by atoms with Crippen LogP contribution in [0.2, 0.25) is 0 Å². The summed E-state index contributed by atoms with van der Waals surface area (Å²) in [7, 11) is 0. The van der Waals surface area contributed by atoms with Crippen molar-refractivity contribution in [2.45, 2.75) is 45.1 Å². The van der Waals surface area contributed by atoms with Crippen LogP contribution in [0, 0.1) is 0 Å². The Morgan fingerprint density at radius 3 is 2.58 bits per heavy atom. The Balaban J connectivity index is 2.16. The lowest BCUT2D eigenvalue weighted by molar-refractivity contribution is -0.198. The highest BCUT2D eigenvalue weighted by molar-refractivity contribution is 5.15. The van der Waals surface area contributed by atoms with E-state index in [-0.39, 0.29) is 18.5 Å². The van der Waals surface area contributed by atoms with Gasteiger partial charge in [-0.05, 0) is 26.3 Å². The van der Waals surface area contributed by atoms with Crippen LogP contribution in [0.1, 0.15) is 20.8 Å². The molecule has 0 bridgehead atoms. The van der Waals surface area contributed by atoms with Crippen LogP contribution in [0.4, 0.5) is 0 Å². The molecule has 68 valence electrons. The zero-order valence-electron chi connectivity index (χ0n) is 7.66. The molecule has 2 rings (SSSR count). The van der Waals surface area contributed by atoms with Gasteiger partial charge in [-0.15, -0.1) is 0 Å². The fourth-order valence-electron chi connectivity index (χ4n) is 1.60. The van der Waals surface area contributed by atoms with Gasteiger partial charge in [-0.1, -0.05) is 6.58 Å². The molecule has 3 atom stereocenters. The van der Waals surface area contributed by atoms with Gasteiger partial charge in [0.25, 0.3) is 0 Å². The van der Waals surface area contributed by atoms with E-state index in [1.165, 1.54) is 0 Å². The summed E-state index contributed by atoms with van der Waals surface area (Å²) in [5.41, 5.74) is 0.977. The molecule has 0 spiro atoms. The van der Waals surface area contributed by atoms with Gasteiger partial charge in [-0.3, -0.25) is 0 Å². The molecule has 0 radical (unpaired) electrons. The average molecular weight is 170 g/mol. The molecule has 3 nitrogen and oxygen atoms in total. The van der Waals surface area contributed by atoms with Gasteiger partial charge in [-0.25, -0.2) is 0 Å². The Kier molecular flexibility index (Phi) is 1.59. The second-order valence-electron chi connectivity index (χ2n) is 3.78. The van der Waals surface area contributed by atoms with Crippen molar-refractivity contribution >= 4 is 0 Å². The SMILES string of the molecule is C=C1[C@H]2OC(C)(C)O[C@H]2O[C@@H]1C. The number of fused-ring (bicyclic) bond motifs is 1. The van der Waals surface area contributed by atoms with Crippen LogP contribution in [0.15, 0.2) is 12.2 Å². The predicted molar refractivity (Wildman–Crippen MR) is 43.5 cm³/mol. The molecule has 2 fully saturated rings. The quantitative estimate of drug-likeness (QED) is 0.515. The summed E-state index contributed by atoms with van der Waals surface area (Å²) in [5.74, 6) is -0.529. The smallest absolute Gasteiger partial charge is 0.191 e. The summed E-state index contributed by atoms with van der Waals surface area (Å²) in [6, 6.07) is 0. The summed E-state index contributed by atoms with van der Waals surface area (Å²) in [6.07, 6.45) is -0.270. The fraction of sp³-hybridized carbons (Fsp3) is 0.778. The molecule has 12 heavy (non-hydrogen) atoms. The van der Waals surface area contributed by atoms with Crippen molar-refractivity contribution in [3.05, 3.63) is 12.2 Å². The summed E-state index contributed by atoms with van der Waals surface area (Å²) in [6.45, 7) is 9.64. The molecule has 0 unspecified atom stereocenters. The van der Waals surface area contributed by atoms with E-state index in [0.717, 1.165) is 5.57 Å². The first-order valence-electron chi connectivity index (χ1n) is 4.19. The number of rotatable bonds is 0. The zero-order valence-corrected chi connectivity index (χ0v) is 7.66. The van der Waals surface area contributed by atoms with E-state index in [1.54, 1.807) is 0 Å². The molecule has 0 N–H and O–H groups in total. The normalized spacial score (nSPS) is 44.9. The second-order valence-corrected chi connectivity index (χ2v) is 3.78. The molecule has 0 aromatic carbocycles. The van der Waals surface area contributed by atoms with E-state index in [9.17, 15) is 0 Å². The maximum atomic E-state index is 5.61. The third-order valence-electron chi connectivity index (χ3n) is 2.28. The lowest BCUT2D eigenvalue weighted by atomic mass is 10.1. The number of ether oxygens (including phenoxy) is 3. The van der Waals surface area contributed by atoms with Gasteiger partial charge >= 0.3 is 0 Å². The molecule has 2 heterocycles. The van der Waals surface area contributed by atoms with Crippen LogP contribution < -0.4 is 0 Å². The standard InChI is InChI=1S/C9H14O3/c1-5-6(2)10-8-7(5)11-9(3,4)12-8/h6-8H,1H2,2-4H3/t6-,7-,8-/m1/s1. The molecule has 2 aliphatic heterocycles. The average Bonchev–Trinajstić information content (AvgIpc) is 2.33. The molecule has 3 heteroatoms. The van der Waals surface area contributed by atoms with Crippen molar-refractivity contribution in [1.29, 1.82) is 0 Å². The van der Waals surface area contributed by atoms with Crippen molar-refractivity contribution in [3.63, 3.8) is 0 Å². The topological polar surface area (TPSA) is 27.7 Å². The maximum Gasteiger partial charge on any atom is 0.191 e. The third-order valence-corrected chi connectivity index (χ3v) is 2.28. The van der Waals surface area contributed by atoms with Crippen LogP contribution in [-0.4, -0.2) is 24.3 Å². The van der Waals surface area contributed by atoms with Crippen LogP contribution >= 0.6 is 0 Å². The van der Waals surface area contributed by atoms with E-state index < -0.39 is 5.79 Å². The van der Waals surface area contributed by atoms with Crippen molar-refractivity contribution in [2.75, 3.05) is 0 Å². The maximum absolute atomic E-state index is 5.61. The van der Waals surface area contributed by atoms with Gasteiger partial charge in [0.05, 0.1) is 6.10 Å². The van der Waals surface area contributed by atoms with Crippen LogP contribution in [-0.2, 0) is 14.2 Å². The van der Waals surface area contributed by atoms with E-state index >= 15 is 0 Å². The summed E-state index contributed by atoms with van der Waals surface area (Å²) in [4.78, 5) is 0. The predicted octanol–water partition coefficient (Wildman–Crippen LogP) is 1.44. The third kappa shape index (κ3) is 1.09. The highest BCUT2D eigenvalue weighted by atomic mass is 16.8. The Labute approximate surface area is 72.3 Å². The highest BCUT2D eigenvalue weighted by Gasteiger charge is 2.49. The first-order chi connectivity index (χ1) is 5.49. The molecular weight excluding hydrogens is 156 g/mol. The Morgan fingerprint density at radius 1 is 1.33 bits per heavy atom. The first kappa shape index (κ1) is 8.23. The number of hydrogen-bond donors (Lipinski definition) is 0. The minimum atomic E-state index is -0.529. The second kappa shape index (κ2) is 2.31. The van der Waals surface area contributed by atoms with Gasteiger partial charge in [0, 0.05) is 0 Å². The molecular formula is C9H14O3. The monoisotopic (exact) mass is 170 g/mol. The highest BCUT2D eigenvalue weighted by Crippen LogP contribution is 2.39. The molecule has 0 amide bonds. The first-order valence-corrected chi connectivity index (χ1v) is 4.19. The summed E-state index contributed by atoms with van der Waals surface area (Å²) in [5, 5.41) is 0. The van der Waals surface area contributed by atoms with Gasteiger partial charge in [0.15, 0.2) is 12.1 Å². The van der Waals surface area contributed by atoms with Gasteiger partial charge in [0.1, 0.15) is 6.10 Å². The van der Waals surface area contributed by atoms with Crippen LogP contribution in [0.3, 0.4) is 0 Å². The van der Waals surface area contributed by atoms with Crippen molar-refractivity contribution in [3.8, 4) is 0 Å². The van der Waals surface area contributed by atoms with E-state index in [1.807, 2.05) is 20.8 Å². The largest absolute Gasteiger partial charge is 0.342 e. The lowest BCUT2D eigenvalue weighted by Crippen LogP contribution is -2.24. The Hall–Kier alpha value is -0.380. The Bertz CT molecular complexity index is 222. The molecule has 2 aliphatic rings. The Morgan fingerprint density at radius 2 is 2.00 bits per heavy atom. The molecule has 2 saturated heterocycles. The minimum absolute atomic E-state index is 0.0519. The fourth-order valence-corrected chi connectivity index (χ4v) is 1.60. The van der Waals surface area contributed by atoms with Crippen molar-refractivity contribution in [1.82, 2.24) is 0 Å².